The fourth-order valence-electron chi connectivity index (χ4n) is 2.13. The van der Waals surface area contributed by atoms with Gasteiger partial charge >= 0.3 is 0 Å². The van der Waals surface area contributed by atoms with Crippen LogP contribution < -0.4 is 10.6 Å². The molecule has 4 nitrogen and oxygen atoms in total. The van der Waals surface area contributed by atoms with Crippen molar-refractivity contribution in [2.24, 2.45) is 0 Å². The molecule has 0 aliphatic heterocycles. The second-order valence-electron chi connectivity index (χ2n) is 5.35. The molecule has 122 valence electrons. The van der Waals surface area contributed by atoms with Crippen LogP contribution in [-0.2, 0) is 6.54 Å². The first-order valence-electron chi connectivity index (χ1n) is 7.45. The van der Waals surface area contributed by atoms with Gasteiger partial charge in [-0.2, -0.15) is 4.98 Å². The summed E-state index contributed by atoms with van der Waals surface area (Å²) in [5.74, 6) is 1.20. The van der Waals surface area contributed by atoms with Crippen molar-refractivity contribution in [2.75, 3.05) is 10.6 Å². The first-order valence-corrected chi connectivity index (χ1v) is 8.20. The molecule has 2 aromatic carbocycles. The minimum atomic E-state index is 0.466. The Morgan fingerprint density at radius 3 is 2.54 bits per heavy atom. The third-order valence-corrected chi connectivity index (χ3v) is 3.98. The van der Waals surface area contributed by atoms with Crippen LogP contribution >= 0.6 is 23.2 Å². The minimum Gasteiger partial charge on any atom is -0.366 e. The van der Waals surface area contributed by atoms with Gasteiger partial charge in [-0.15, -0.1) is 0 Å². The molecule has 0 spiro atoms. The number of nitrogens with zero attached hydrogens (tertiary/aromatic N) is 2. The summed E-state index contributed by atoms with van der Waals surface area (Å²) in [5, 5.41) is 7.48. The van der Waals surface area contributed by atoms with Crippen LogP contribution in [0.25, 0.3) is 0 Å². The maximum atomic E-state index is 6.16. The summed E-state index contributed by atoms with van der Waals surface area (Å²) in [6.07, 6.45) is 1.69. The quantitative estimate of drug-likeness (QED) is 0.636. The summed E-state index contributed by atoms with van der Waals surface area (Å²) >= 11 is 12.1. The number of anilines is 3. The molecule has 0 saturated heterocycles. The SMILES string of the molecule is Cc1ccc(CNc2ccnc(Nc3ccc(Cl)cc3Cl)n2)cc1. The number of hydrogen-bond acceptors (Lipinski definition) is 4. The Labute approximate surface area is 150 Å². The molecule has 0 saturated carbocycles. The summed E-state index contributed by atoms with van der Waals surface area (Å²) in [6.45, 7) is 2.76. The van der Waals surface area contributed by atoms with Gasteiger partial charge in [-0.05, 0) is 36.8 Å². The summed E-state index contributed by atoms with van der Waals surface area (Å²) in [4.78, 5) is 8.65. The van der Waals surface area contributed by atoms with Gasteiger partial charge < -0.3 is 10.6 Å². The second kappa shape index (κ2) is 7.51. The number of aromatic nitrogens is 2. The molecule has 24 heavy (non-hydrogen) atoms. The summed E-state index contributed by atoms with van der Waals surface area (Å²) in [6, 6.07) is 15.4. The topological polar surface area (TPSA) is 49.8 Å². The molecular weight excluding hydrogens is 343 g/mol. The molecule has 0 atom stereocenters. The summed E-state index contributed by atoms with van der Waals surface area (Å²) < 4.78 is 0. The van der Waals surface area contributed by atoms with E-state index in [1.165, 1.54) is 11.1 Å². The summed E-state index contributed by atoms with van der Waals surface area (Å²) in [5.41, 5.74) is 3.14. The molecular formula is C18H16Cl2N4. The van der Waals surface area contributed by atoms with Gasteiger partial charge in [0, 0.05) is 17.8 Å². The zero-order valence-electron chi connectivity index (χ0n) is 13.1. The van der Waals surface area contributed by atoms with E-state index in [0.29, 0.717) is 28.2 Å². The molecule has 0 amide bonds. The Bertz CT molecular complexity index is 835. The third-order valence-electron chi connectivity index (χ3n) is 3.43. The molecule has 0 bridgehead atoms. The lowest BCUT2D eigenvalue weighted by Gasteiger charge is -2.10. The van der Waals surface area contributed by atoms with Crippen LogP contribution in [-0.4, -0.2) is 9.97 Å². The average Bonchev–Trinajstić information content (AvgIpc) is 2.57. The van der Waals surface area contributed by atoms with Gasteiger partial charge in [0.15, 0.2) is 0 Å². The first kappa shape index (κ1) is 16.6. The highest BCUT2D eigenvalue weighted by atomic mass is 35.5. The predicted molar refractivity (Wildman–Crippen MR) is 100 cm³/mol. The standard InChI is InChI=1S/C18H16Cl2N4/c1-12-2-4-13(5-3-12)11-22-17-8-9-21-18(24-17)23-16-7-6-14(19)10-15(16)20/h2-10H,11H2,1H3,(H2,21,22,23,24). The maximum Gasteiger partial charge on any atom is 0.229 e. The zero-order chi connectivity index (χ0) is 16.9. The number of nitrogens with one attached hydrogen (secondary N) is 2. The van der Waals surface area contributed by atoms with E-state index in [0.717, 1.165) is 5.82 Å². The second-order valence-corrected chi connectivity index (χ2v) is 6.20. The molecule has 3 aromatic rings. The van der Waals surface area contributed by atoms with E-state index in [1.807, 2.05) is 6.07 Å². The molecule has 2 N–H and O–H groups in total. The molecule has 0 aliphatic carbocycles. The van der Waals surface area contributed by atoms with Gasteiger partial charge in [0.05, 0.1) is 10.7 Å². The van der Waals surface area contributed by atoms with Crippen molar-refractivity contribution in [2.45, 2.75) is 13.5 Å². The Morgan fingerprint density at radius 2 is 1.79 bits per heavy atom. The predicted octanol–water partition coefficient (Wildman–Crippen LogP) is 5.45. The zero-order valence-corrected chi connectivity index (χ0v) is 14.6. The molecule has 3 rings (SSSR count). The largest absolute Gasteiger partial charge is 0.366 e. The minimum absolute atomic E-state index is 0.466. The van der Waals surface area contributed by atoms with Crippen molar-refractivity contribution in [1.82, 2.24) is 9.97 Å². The van der Waals surface area contributed by atoms with Crippen LogP contribution in [0.5, 0.6) is 0 Å². The number of aryl methyl sites for hydroxylation is 1. The van der Waals surface area contributed by atoms with Crippen molar-refractivity contribution in [1.29, 1.82) is 0 Å². The van der Waals surface area contributed by atoms with Gasteiger partial charge in [0.2, 0.25) is 5.95 Å². The van der Waals surface area contributed by atoms with E-state index < -0.39 is 0 Å². The third kappa shape index (κ3) is 4.37. The highest BCUT2D eigenvalue weighted by molar-refractivity contribution is 6.36. The van der Waals surface area contributed by atoms with Crippen molar-refractivity contribution >= 4 is 40.7 Å². The fraction of sp³-hybridized carbons (Fsp3) is 0.111. The highest BCUT2D eigenvalue weighted by Gasteiger charge is 2.04. The molecule has 0 aliphatic rings. The van der Waals surface area contributed by atoms with E-state index in [4.69, 9.17) is 23.2 Å². The smallest absolute Gasteiger partial charge is 0.229 e. The van der Waals surface area contributed by atoms with E-state index in [2.05, 4.69) is 51.8 Å². The van der Waals surface area contributed by atoms with Crippen molar-refractivity contribution in [3.8, 4) is 0 Å². The number of benzene rings is 2. The fourth-order valence-corrected chi connectivity index (χ4v) is 2.58. The van der Waals surface area contributed by atoms with Gasteiger partial charge in [0.25, 0.3) is 0 Å². The Kier molecular flexibility index (Phi) is 5.18. The van der Waals surface area contributed by atoms with Crippen LogP contribution in [0.4, 0.5) is 17.5 Å². The Hall–Kier alpha value is -2.30. The van der Waals surface area contributed by atoms with Gasteiger partial charge in [-0.25, -0.2) is 4.98 Å². The van der Waals surface area contributed by atoms with Crippen LogP contribution in [0.3, 0.4) is 0 Å². The van der Waals surface area contributed by atoms with Gasteiger partial charge in [-0.1, -0.05) is 53.0 Å². The van der Waals surface area contributed by atoms with Crippen molar-refractivity contribution < 1.29 is 0 Å². The normalized spacial score (nSPS) is 10.5. The molecule has 0 fully saturated rings. The number of hydrogen-bond donors (Lipinski definition) is 2. The molecule has 1 aromatic heterocycles. The molecule has 6 heteroatoms. The van der Waals surface area contributed by atoms with Crippen molar-refractivity contribution in [3.05, 3.63) is 75.9 Å². The first-order chi connectivity index (χ1) is 11.6. The molecule has 1 heterocycles. The monoisotopic (exact) mass is 358 g/mol. The van der Waals surface area contributed by atoms with E-state index in [-0.39, 0.29) is 0 Å². The van der Waals surface area contributed by atoms with E-state index in [9.17, 15) is 0 Å². The van der Waals surface area contributed by atoms with Crippen LogP contribution in [0.15, 0.2) is 54.7 Å². The maximum absolute atomic E-state index is 6.16. The van der Waals surface area contributed by atoms with Crippen LogP contribution in [0.1, 0.15) is 11.1 Å². The Morgan fingerprint density at radius 1 is 1.00 bits per heavy atom. The lowest BCUT2D eigenvalue weighted by Crippen LogP contribution is -2.04. The van der Waals surface area contributed by atoms with Crippen LogP contribution in [0.2, 0.25) is 10.0 Å². The summed E-state index contributed by atoms with van der Waals surface area (Å²) in [7, 11) is 0. The number of rotatable bonds is 5. The lowest BCUT2D eigenvalue weighted by atomic mass is 10.1. The number of halogens is 2. The van der Waals surface area contributed by atoms with Crippen LogP contribution in [0, 0.1) is 6.92 Å². The van der Waals surface area contributed by atoms with Crippen molar-refractivity contribution in [3.63, 3.8) is 0 Å². The van der Waals surface area contributed by atoms with E-state index >= 15 is 0 Å². The van der Waals surface area contributed by atoms with E-state index in [1.54, 1.807) is 24.4 Å². The van der Waals surface area contributed by atoms with Gasteiger partial charge in [-0.3, -0.25) is 0 Å². The van der Waals surface area contributed by atoms with Gasteiger partial charge in [0.1, 0.15) is 5.82 Å². The highest BCUT2D eigenvalue weighted by Crippen LogP contribution is 2.27. The molecule has 0 radical (unpaired) electrons. The average molecular weight is 359 g/mol. The Balaban J connectivity index is 1.68. The molecule has 0 unspecified atom stereocenters. The lowest BCUT2D eigenvalue weighted by molar-refractivity contribution is 1.08.